The van der Waals surface area contributed by atoms with E-state index in [9.17, 15) is 19.6 Å². The van der Waals surface area contributed by atoms with E-state index in [0.29, 0.717) is 35.1 Å². The van der Waals surface area contributed by atoms with Crippen LogP contribution in [0.1, 0.15) is 12.0 Å². The molecule has 9 heteroatoms. The quantitative estimate of drug-likeness (QED) is 0.430. The van der Waals surface area contributed by atoms with Crippen LogP contribution < -0.4 is 4.90 Å². The van der Waals surface area contributed by atoms with Crippen LogP contribution in [-0.4, -0.2) is 63.1 Å². The summed E-state index contributed by atoms with van der Waals surface area (Å²) in [6.45, 7) is 0.442. The van der Waals surface area contributed by atoms with E-state index >= 15 is 0 Å². The molecule has 34 heavy (non-hydrogen) atoms. The first-order valence-electron chi connectivity index (χ1n) is 11.0. The number of carbonyl (C=O) groups is 3. The number of urea groups is 1. The van der Waals surface area contributed by atoms with Crippen molar-refractivity contribution in [1.82, 2.24) is 14.8 Å². The fraction of sp³-hybridized carbons (Fsp3) is 0.240. The number of hydrogen-bond donors (Lipinski definition) is 0. The summed E-state index contributed by atoms with van der Waals surface area (Å²) in [4.78, 5) is 49.9. The number of hydrogen-bond acceptors (Lipinski definition) is 6. The molecule has 1 aromatic heterocycles. The first-order chi connectivity index (χ1) is 16.6. The zero-order valence-corrected chi connectivity index (χ0v) is 18.8. The second-order valence-corrected chi connectivity index (χ2v) is 9.61. The molecule has 0 saturated carbocycles. The highest BCUT2D eigenvalue weighted by Gasteiger charge is 2.62. The van der Waals surface area contributed by atoms with Gasteiger partial charge in [0, 0.05) is 23.0 Å². The third-order valence-corrected chi connectivity index (χ3v) is 7.80. The van der Waals surface area contributed by atoms with Crippen molar-refractivity contribution in [3.63, 3.8) is 0 Å². The monoisotopic (exact) mass is 469 g/mol. The van der Waals surface area contributed by atoms with Crippen LogP contribution in [0.25, 0.3) is 10.9 Å². The third-order valence-electron chi connectivity index (χ3n) is 6.80. The van der Waals surface area contributed by atoms with Gasteiger partial charge in [0.1, 0.15) is 12.1 Å². The lowest BCUT2D eigenvalue weighted by molar-refractivity contribution is -0.133. The minimum Gasteiger partial charge on any atom is -0.334 e. The van der Waals surface area contributed by atoms with Crippen molar-refractivity contribution in [1.29, 1.82) is 5.26 Å². The molecule has 4 amide bonds. The van der Waals surface area contributed by atoms with E-state index in [-0.39, 0.29) is 35.7 Å². The molecule has 8 nitrogen and oxygen atoms in total. The van der Waals surface area contributed by atoms with Crippen molar-refractivity contribution in [3.05, 3.63) is 66.4 Å². The van der Waals surface area contributed by atoms with Crippen molar-refractivity contribution in [2.24, 2.45) is 0 Å². The number of piperazine rings is 1. The van der Waals surface area contributed by atoms with E-state index in [1.807, 2.05) is 30.3 Å². The molecule has 3 saturated heterocycles. The van der Waals surface area contributed by atoms with E-state index in [1.54, 1.807) is 40.3 Å². The van der Waals surface area contributed by atoms with Crippen molar-refractivity contribution in [3.8, 4) is 6.07 Å². The number of benzene rings is 2. The highest BCUT2D eigenvalue weighted by Crippen LogP contribution is 2.43. The molecule has 2 unspecified atom stereocenters. The Kier molecular flexibility index (Phi) is 4.78. The fourth-order valence-electron chi connectivity index (χ4n) is 5.35. The first kappa shape index (κ1) is 20.7. The van der Waals surface area contributed by atoms with E-state index in [1.165, 1.54) is 16.7 Å². The third kappa shape index (κ3) is 2.99. The normalized spacial score (nSPS) is 23.0. The number of carbonyl (C=O) groups excluding carboxylic acids is 3. The van der Waals surface area contributed by atoms with Crippen LogP contribution >= 0.6 is 11.8 Å². The number of nitriles is 1. The van der Waals surface area contributed by atoms with Crippen LogP contribution in [0.4, 0.5) is 10.5 Å². The lowest BCUT2D eigenvalue weighted by Crippen LogP contribution is -2.55. The van der Waals surface area contributed by atoms with E-state index in [2.05, 4.69) is 11.1 Å². The van der Waals surface area contributed by atoms with Gasteiger partial charge in [0.25, 0.3) is 5.91 Å². The Morgan fingerprint density at radius 1 is 1.12 bits per heavy atom. The van der Waals surface area contributed by atoms with E-state index in [4.69, 9.17) is 0 Å². The summed E-state index contributed by atoms with van der Waals surface area (Å²) in [5, 5.41) is 9.99. The summed E-state index contributed by atoms with van der Waals surface area (Å²) >= 11 is 1.47. The van der Waals surface area contributed by atoms with Crippen LogP contribution in [0.3, 0.4) is 0 Å². The Morgan fingerprint density at radius 2 is 1.94 bits per heavy atom. The molecule has 0 radical (unpaired) electrons. The average molecular weight is 470 g/mol. The predicted molar refractivity (Wildman–Crippen MR) is 126 cm³/mol. The maximum Gasteiger partial charge on any atom is 0.332 e. The van der Waals surface area contributed by atoms with Crippen LogP contribution in [0.5, 0.6) is 0 Å². The molecule has 3 aliphatic heterocycles. The zero-order valence-electron chi connectivity index (χ0n) is 18.0. The van der Waals surface area contributed by atoms with Crippen molar-refractivity contribution < 1.29 is 14.4 Å². The van der Waals surface area contributed by atoms with Crippen molar-refractivity contribution in [2.45, 2.75) is 29.4 Å². The van der Waals surface area contributed by atoms with Crippen LogP contribution in [-0.2, 0) is 9.59 Å². The molecule has 0 spiro atoms. The largest absolute Gasteiger partial charge is 0.334 e. The number of anilines is 1. The molecule has 3 atom stereocenters. The summed E-state index contributed by atoms with van der Waals surface area (Å²) in [7, 11) is 0. The summed E-state index contributed by atoms with van der Waals surface area (Å²) in [5.41, 5.74) is 1.25. The van der Waals surface area contributed by atoms with Gasteiger partial charge in [-0.2, -0.15) is 5.26 Å². The average Bonchev–Trinajstić information content (AvgIpc) is 3.54. The fourth-order valence-corrected chi connectivity index (χ4v) is 6.16. The van der Waals surface area contributed by atoms with Gasteiger partial charge < -0.3 is 9.80 Å². The zero-order chi connectivity index (χ0) is 23.4. The molecular weight excluding hydrogens is 450 g/mol. The minimum absolute atomic E-state index is 0.0206. The predicted octanol–water partition coefficient (Wildman–Crippen LogP) is 3.02. The van der Waals surface area contributed by atoms with E-state index in [0.717, 1.165) is 4.90 Å². The van der Waals surface area contributed by atoms with Crippen LogP contribution in [0, 0.1) is 11.3 Å². The highest BCUT2D eigenvalue weighted by atomic mass is 32.2. The lowest BCUT2D eigenvalue weighted by atomic mass is 10.1. The topological polar surface area (TPSA) is 97.6 Å². The number of imide groups is 1. The summed E-state index contributed by atoms with van der Waals surface area (Å²) in [6.07, 6.45) is 2.20. The molecule has 3 aliphatic rings. The summed E-state index contributed by atoms with van der Waals surface area (Å²) < 4.78 is 0. The van der Waals surface area contributed by atoms with Gasteiger partial charge in [0.2, 0.25) is 5.91 Å². The summed E-state index contributed by atoms with van der Waals surface area (Å²) in [5.74, 6) is -0.0640. The van der Waals surface area contributed by atoms with Gasteiger partial charge in [-0.05, 0) is 42.8 Å². The number of likely N-dealkylation sites (tertiary alicyclic amines) is 1. The number of pyridine rings is 1. The SMILES string of the molecule is N#Cc1ccc(N2C(=O)C3C4C[C@H](CN4C(=O)CSc4ccccc4)N3C2=O)c2cccnc12. The molecule has 0 N–H and O–H groups in total. The molecular formula is C25H19N5O3S. The molecule has 4 heterocycles. The standard InChI is InChI=1S/C25H19N5O3S/c26-12-15-8-9-19(18-7-4-10-27-22(15)18)30-24(32)23-20-11-16(29(23)25(30)33)13-28(20)21(31)14-34-17-5-2-1-3-6-17/h1-10,16,20,23H,11,13-14H2/t16-,20?,23?/m1/s1. The van der Waals surface area contributed by atoms with Gasteiger partial charge in [0.15, 0.2) is 0 Å². The Labute approximate surface area is 199 Å². The summed E-state index contributed by atoms with van der Waals surface area (Å²) in [6, 6.07) is 17.0. The number of fused-ring (bicyclic) bond motifs is 6. The second-order valence-electron chi connectivity index (χ2n) is 8.56. The van der Waals surface area contributed by atoms with Crippen molar-refractivity contribution in [2.75, 3.05) is 17.2 Å². The molecule has 0 aliphatic carbocycles. The highest BCUT2D eigenvalue weighted by molar-refractivity contribution is 8.00. The molecule has 2 bridgehead atoms. The molecule has 3 fully saturated rings. The maximum atomic E-state index is 13.6. The van der Waals surface area contributed by atoms with Crippen LogP contribution in [0.2, 0.25) is 0 Å². The van der Waals surface area contributed by atoms with Crippen molar-refractivity contribution >= 4 is 46.2 Å². The smallest absolute Gasteiger partial charge is 0.332 e. The van der Waals surface area contributed by atoms with Crippen LogP contribution in [0.15, 0.2) is 65.7 Å². The lowest BCUT2D eigenvalue weighted by Gasteiger charge is -2.34. The Balaban J connectivity index is 1.27. The Bertz CT molecular complexity index is 1390. The molecule has 3 aromatic rings. The van der Waals surface area contributed by atoms with Gasteiger partial charge in [-0.15, -0.1) is 11.8 Å². The molecule has 168 valence electrons. The molecule has 2 aromatic carbocycles. The number of rotatable bonds is 4. The maximum absolute atomic E-state index is 13.6. The van der Waals surface area contributed by atoms with Gasteiger partial charge >= 0.3 is 6.03 Å². The minimum atomic E-state index is -0.681. The first-order valence-corrected chi connectivity index (χ1v) is 12.0. The Hall–Kier alpha value is -3.90. The second kappa shape index (κ2) is 7.85. The van der Waals surface area contributed by atoms with Gasteiger partial charge in [0.05, 0.1) is 34.6 Å². The number of nitrogens with zero attached hydrogens (tertiary/aromatic N) is 5. The number of aromatic nitrogens is 1. The Morgan fingerprint density at radius 3 is 2.74 bits per heavy atom. The van der Waals surface area contributed by atoms with E-state index < -0.39 is 6.04 Å². The molecule has 6 rings (SSSR count). The van der Waals surface area contributed by atoms with Gasteiger partial charge in [-0.25, -0.2) is 9.69 Å². The van der Waals surface area contributed by atoms with Gasteiger partial charge in [-0.3, -0.25) is 14.6 Å². The van der Waals surface area contributed by atoms with Gasteiger partial charge in [-0.1, -0.05) is 18.2 Å². The number of amides is 4. The number of thioether (sulfide) groups is 1.